The van der Waals surface area contributed by atoms with Gasteiger partial charge in [-0.15, -0.1) is 11.3 Å². The minimum absolute atomic E-state index is 0.0725. The van der Waals surface area contributed by atoms with Gasteiger partial charge in [-0.05, 0) is 32.4 Å². The predicted octanol–water partition coefficient (Wildman–Crippen LogP) is 3.06. The number of hydrogen-bond acceptors (Lipinski definition) is 5. The maximum atomic E-state index is 12.2. The van der Waals surface area contributed by atoms with Gasteiger partial charge in [-0.3, -0.25) is 20.4 Å². The lowest BCUT2D eigenvalue weighted by molar-refractivity contribution is -0.120. The number of hydrogen-bond donors (Lipinski definition) is 3. The Morgan fingerprint density at radius 3 is 2.48 bits per heavy atom. The highest BCUT2D eigenvalue weighted by Crippen LogP contribution is 2.24. The smallest absolute Gasteiger partial charge is 0.281 e. The van der Waals surface area contributed by atoms with Gasteiger partial charge in [0.05, 0.1) is 17.2 Å². The third kappa shape index (κ3) is 5.03. The number of nitrogens with zero attached hydrogens (tertiary/aromatic N) is 1. The van der Waals surface area contributed by atoms with Crippen molar-refractivity contribution >= 4 is 28.8 Å². The Morgan fingerprint density at radius 2 is 1.88 bits per heavy atom. The minimum atomic E-state index is -0.346. The zero-order chi connectivity index (χ0) is 18.6. The zero-order valence-corrected chi connectivity index (χ0v) is 16.0. The third-order valence-electron chi connectivity index (χ3n) is 3.65. The molecule has 3 N–H and O–H groups in total. The molecule has 0 saturated carbocycles. The highest BCUT2D eigenvalue weighted by molar-refractivity contribution is 7.13. The van der Waals surface area contributed by atoms with Crippen molar-refractivity contribution in [2.75, 3.05) is 11.9 Å². The number of carbonyl (C=O) groups excluding carboxylic acids is 2. The van der Waals surface area contributed by atoms with Crippen molar-refractivity contribution < 1.29 is 9.59 Å². The van der Waals surface area contributed by atoms with Crippen LogP contribution in [0, 0.1) is 20.8 Å². The van der Waals surface area contributed by atoms with E-state index in [0.29, 0.717) is 10.6 Å². The van der Waals surface area contributed by atoms with Crippen LogP contribution in [0.2, 0.25) is 0 Å². The fraction of sp³-hybridized carbons (Fsp3) is 0.389. The van der Waals surface area contributed by atoms with E-state index in [2.05, 4.69) is 21.2 Å². The fourth-order valence-electron chi connectivity index (χ4n) is 2.29. The first kappa shape index (κ1) is 18.9. The van der Waals surface area contributed by atoms with Gasteiger partial charge in [-0.25, -0.2) is 4.98 Å². The first-order chi connectivity index (χ1) is 11.8. The molecule has 0 radical (unpaired) electrons. The number of hydrazine groups is 1. The largest absolute Gasteiger partial charge is 0.376 e. The standard InChI is InChI=1S/C18H24N4O2S/c1-10(2)18-20-13(5)16(25-18)17(24)22-21-15(23)9-19-14-7-6-11(3)8-12(14)4/h6-8,10,19H,9H2,1-5H3,(H,21,23)(H,22,24). The molecule has 7 heteroatoms. The highest BCUT2D eigenvalue weighted by atomic mass is 32.1. The van der Waals surface area contributed by atoms with Gasteiger partial charge in [0.25, 0.3) is 11.8 Å². The molecule has 0 bridgehead atoms. The molecule has 1 aromatic carbocycles. The summed E-state index contributed by atoms with van der Waals surface area (Å²) >= 11 is 1.35. The highest BCUT2D eigenvalue weighted by Gasteiger charge is 2.17. The molecule has 25 heavy (non-hydrogen) atoms. The molecule has 134 valence electrons. The van der Waals surface area contributed by atoms with Gasteiger partial charge in [-0.1, -0.05) is 31.5 Å². The molecule has 0 spiro atoms. The summed E-state index contributed by atoms with van der Waals surface area (Å²) in [7, 11) is 0. The average molecular weight is 360 g/mol. The third-order valence-corrected chi connectivity index (χ3v) is 5.11. The molecule has 2 rings (SSSR count). The Morgan fingerprint density at radius 1 is 1.16 bits per heavy atom. The molecule has 0 aliphatic heterocycles. The lowest BCUT2D eigenvalue weighted by atomic mass is 10.1. The second-order valence-electron chi connectivity index (χ2n) is 6.30. The van der Waals surface area contributed by atoms with Gasteiger partial charge < -0.3 is 5.32 Å². The molecule has 0 aliphatic rings. The monoisotopic (exact) mass is 360 g/mol. The molecule has 2 amide bonds. The molecular weight excluding hydrogens is 336 g/mol. The van der Waals surface area contributed by atoms with Crippen molar-refractivity contribution in [3.05, 3.63) is 44.9 Å². The number of benzene rings is 1. The first-order valence-electron chi connectivity index (χ1n) is 8.15. The van der Waals surface area contributed by atoms with Crippen molar-refractivity contribution in [1.82, 2.24) is 15.8 Å². The Bertz CT molecular complexity index is 783. The van der Waals surface area contributed by atoms with Crippen LogP contribution >= 0.6 is 11.3 Å². The lowest BCUT2D eigenvalue weighted by Gasteiger charge is -2.11. The van der Waals surface area contributed by atoms with Crippen molar-refractivity contribution in [2.45, 2.75) is 40.5 Å². The normalized spacial score (nSPS) is 10.6. The summed E-state index contributed by atoms with van der Waals surface area (Å²) in [5, 5.41) is 3.97. The zero-order valence-electron chi connectivity index (χ0n) is 15.2. The second kappa shape index (κ2) is 8.11. The molecule has 0 atom stereocenters. The molecular formula is C18H24N4O2S. The van der Waals surface area contributed by atoms with E-state index in [0.717, 1.165) is 16.3 Å². The SMILES string of the molecule is Cc1ccc(NCC(=O)NNC(=O)c2sc(C(C)C)nc2C)c(C)c1. The first-order valence-corrected chi connectivity index (χ1v) is 8.97. The van der Waals surface area contributed by atoms with Crippen LogP contribution in [0.3, 0.4) is 0 Å². The number of thiazole rings is 1. The van der Waals surface area contributed by atoms with Crippen LogP contribution in [0.25, 0.3) is 0 Å². The van der Waals surface area contributed by atoms with Gasteiger partial charge >= 0.3 is 0 Å². The van der Waals surface area contributed by atoms with Crippen molar-refractivity contribution in [2.24, 2.45) is 0 Å². The quantitative estimate of drug-likeness (QED) is 0.716. The lowest BCUT2D eigenvalue weighted by Crippen LogP contribution is -2.44. The number of carbonyl (C=O) groups is 2. The van der Waals surface area contributed by atoms with E-state index in [-0.39, 0.29) is 24.3 Å². The summed E-state index contributed by atoms with van der Waals surface area (Å²) in [6, 6.07) is 5.96. The predicted molar refractivity (Wildman–Crippen MR) is 101 cm³/mol. The Labute approximate surface area is 152 Å². The molecule has 0 fully saturated rings. The number of anilines is 1. The van der Waals surface area contributed by atoms with Crippen LogP contribution < -0.4 is 16.2 Å². The van der Waals surface area contributed by atoms with Gasteiger partial charge in [-0.2, -0.15) is 0 Å². The van der Waals surface area contributed by atoms with Gasteiger partial charge in [0.1, 0.15) is 4.88 Å². The van der Waals surface area contributed by atoms with Gasteiger partial charge in [0, 0.05) is 11.6 Å². The van der Waals surface area contributed by atoms with Crippen LogP contribution in [-0.2, 0) is 4.79 Å². The van der Waals surface area contributed by atoms with E-state index in [1.807, 2.05) is 45.9 Å². The number of rotatable bonds is 5. The molecule has 0 saturated heterocycles. The topological polar surface area (TPSA) is 83.1 Å². The molecule has 0 unspecified atom stereocenters. The fourth-order valence-corrected chi connectivity index (χ4v) is 3.25. The Kier molecular flexibility index (Phi) is 6.14. The maximum absolute atomic E-state index is 12.2. The van der Waals surface area contributed by atoms with E-state index in [4.69, 9.17) is 0 Å². The van der Waals surface area contributed by atoms with Crippen LogP contribution in [-0.4, -0.2) is 23.3 Å². The number of nitrogens with one attached hydrogen (secondary N) is 3. The van der Waals surface area contributed by atoms with Crippen molar-refractivity contribution in [3.8, 4) is 0 Å². The molecule has 1 aromatic heterocycles. The molecule has 1 heterocycles. The molecule has 6 nitrogen and oxygen atoms in total. The summed E-state index contributed by atoms with van der Waals surface area (Å²) < 4.78 is 0. The van der Waals surface area contributed by atoms with Crippen LogP contribution in [0.4, 0.5) is 5.69 Å². The maximum Gasteiger partial charge on any atom is 0.281 e. The number of amides is 2. The average Bonchev–Trinajstić information content (AvgIpc) is 2.94. The van der Waals surface area contributed by atoms with Gasteiger partial charge in [0.15, 0.2) is 0 Å². The summed E-state index contributed by atoms with van der Waals surface area (Å²) in [4.78, 5) is 29.0. The summed E-state index contributed by atoms with van der Waals surface area (Å²) in [5.41, 5.74) is 8.67. The van der Waals surface area contributed by atoms with E-state index in [1.54, 1.807) is 6.92 Å². The van der Waals surface area contributed by atoms with Crippen LogP contribution in [0.1, 0.15) is 51.3 Å². The van der Waals surface area contributed by atoms with E-state index < -0.39 is 0 Å². The van der Waals surface area contributed by atoms with E-state index in [9.17, 15) is 9.59 Å². The Balaban J connectivity index is 1.86. The van der Waals surface area contributed by atoms with Gasteiger partial charge in [0.2, 0.25) is 0 Å². The molecule has 0 aliphatic carbocycles. The summed E-state index contributed by atoms with van der Waals surface area (Å²) in [6.45, 7) is 9.92. The molecule has 2 aromatic rings. The van der Waals surface area contributed by atoms with Crippen LogP contribution in [0.15, 0.2) is 18.2 Å². The minimum Gasteiger partial charge on any atom is -0.376 e. The van der Waals surface area contributed by atoms with Crippen molar-refractivity contribution in [3.63, 3.8) is 0 Å². The van der Waals surface area contributed by atoms with E-state index in [1.165, 1.54) is 16.9 Å². The Hall–Kier alpha value is -2.41. The summed E-state index contributed by atoms with van der Waals surface area (Å²) in [5.74, 6) is -0.400. The second-order valence-corrected chi connectivity index (χ2v) is 7.33. The van der Waals surface area contributed by atoms with Crippen LogP contribution in [0.5, 0.6) is 0 Å². The van der Waals surface area contributed by atoms with E-state index >= 15 is 0 Å². The number of aryl methyl sites for hydroxylation is 3. The van der Waals surface area contributed by atoms with Crippen molar-refractivity contribution in [1.29, 1.82) is 0 Å². The number of aromatic nitrogens is 1. The summed E-state index contributed by atoms with van der Waals surface area (Å²) in [6.07, 6.45) is 0.